The Balaban J connectivity index is 2.01. The third kappa shape index (κ3) is 4.97. The van der Waals surface area contributed by atoms with E-state index in [1.807, 2.05) is 57.2 Å². The van der Waals surface area contributed by atoms with Gasteiger partial charge in [0.1, 0.15) is 11.9 Å². The van der Waals surface area contributed by atoms with Crippen LogP contribution in [0.15, 0.2) is 60.7 Å². The first-order valence-electron chi connectivity index (χ1n) is 11.2. The Kier molecular flexibility index (Phi) is 6.96. The van der Waals surface area contributed by atoms with Crippen molar-refractivity contribution in [2.75, 3.05) is 6.54 Å². The van der Waals surface area contributed by atoms with Gasteiger partial charge in [0.2, 0.25) is 0 Å². The molecular formula is C26H35NO4Si. The fraction of sp³-hybridized carbons (Fsp3) is 0.462. The first kappa shape index (κ1) is 24.2. The zero-order valence-corrected chi connectivity index (χ0v) is 21.0. The van der Waals surface area contributed by atoms with E-state index in [4.69, 9.17) is 9.16 Å². The number of benzene rings is 2. The van der Waals surface area contributed by atoms with Gasteiger partial charge in [0.25, 0.3) is 8.32 Å². The minimum absolute atomic E-state index is 0.175. The summed E-state index contributed by atoms with van der Waals surface area (Å²) in [4.78, 5) is 26.1. The summed E-state index contributed by atoms with van der Waals surface area (Å²) >= 11 is 0. The van der Waals surface area contributed by atoms with Gasteiger partial charge in [-0.3, -0.25) is 4.90 Å². The number of hydrogen-bond donors (Lipinski definition) is 0. The lowest BCUT2D eigenvalue weighted by Gasteiger charge is -2.44. The zero-order valence-electron chi connectivity index (χ0n) is 20.0. The second-order valence-electron chi connectivity index (χ2n) is 10.5. The molecule has 0 N–H and O–H groups in total. The third-order valence-corrected chi connectivity index (χ3v) is 10.9. The normalized spacial score (nSPS) is 19.6. The van der Waals surface area contributed by atoms with E-state index < -0.39 is 26.1 Å². The van der Waals surface area contributed by atoms with Crippen LogP contribution >= 0.6 is 0 Å². The van der Waals surface area contributed by atoms with Gasteiger partial charge in [0, 0.05) is 13.0 Å². The number of amides is 1. The Bertz CT molecular complexity index is 879. The lowest BCUT2D eigenvalue weighted by molar-refractivity contribution is -0.111. The molecule has 0 spiro atoms. The molecule has 1 saturated heterocycles. The average Bonchev–Trinajstić information content (AvgIpc) is 3.14. The van der Waals surface area contributed by atoms with Crippen molar-refractivity contribution in [3.63, 3.8) is 0 Å². The SMILES string of the molecule is CC(C)(C)OC(=O)N1C[C@@H](O[Si](c2ccccc2)(c2ccccc2)C(C)(C)C)C[C@@H]1C=O. The maximum atomic E-state index is 12.8. The maximum Gasteiger partial charge on any atom is 0.410 e. The van der Waals surface area contributed by atoms with Crippen LogP contribution in [-0.4, -0.2) is 49.9 Å². The minimum Gasteiger partial charge on any atom is -0.444 e. The number of ether oxygens (including phenoxy) is 1. The molecule has 0 radical (unpaired) electrons. The highest BCUT2D eigenvalue weighted by molar-refractivity contribution is 6.99. The molecule has 6 heteroatoms. The van der Waals surface area contributed by atoms with Crippen molar-refractivity contribution in [3.05, 3.63) is 60.7 Å². The first-order chi connectivity index (χ1) is 15.0. The van der Waals surface area contributed by atoms with Gasteiger partial charge in [-0.05, 0) is 36.2 Å². The second kappa shape index (κ2) is 9.20. The summed E-state index contributed by atoms with van der Waals surface area (Å²) in [7, 11) is -2.76. The molecule has 0 saturated carbocycles. The van der Waals surface area contributed by atoms with E-state index in [0.717, 1.165) is 6.29 Å². The molecule has 1 aliphatic rings. The van der Waals surface area contributed by atoms with Crippen molar-refractivity contribution in [1.29, 1.82) is 0 Å². The highest BCUT2D eigenvalue weighted by Crippen LogP contribution is 2.39. The Morgan fingerprint density at radius 3 is 1.84 bits per heavy atom. The van der Waals surface area contributed by atoms with E-state index in [0.29, 0.717) is 13.0 Å². The summed E-state index contributed by atoms with van der Waals surface area (Å²) in [6.07, 6.45) is 0.568. The molecule has 0 unspecified atom stereocenters. The number of hydrogen-bond acceptors (Lipinski definition) is 4. The Labute approximate surface area is 192 Å². The summed E-state index contributed by atoms with van der Waals surface area (Å²) in [5, 5.41) is 2.18. The molecule has 1 heterocycles. The molecule has 5 nitrogen and oxygen atoms in total. The van der Waals surface area contributed by atoms with Gasteiger partial charge in [0.05, 0.1) is 12.1 Å². The molecular weight excluding hydrogens is 418 g/mol. The van der Waals surface area contributed by atoms with Crippen LogP contribution in [0.5, 0.6) is 0 Å². The van der Waals surface area contributed by atoms with Crippen LogP contribution in [0, 0.1) is 0 Å². The smallest absolute Gasteiger partial charge is 0.410 e. The minimum atomic E-state index is -2.76. The molecule has 1 aliphatic heterocycles. The fourth-order valence-corrected chi connectivity index (χ4v) is 9.20. The van der Waals surface area contributed by atoms with Crippen LogP contribution in [0.1, 0.15) is 48.0 Å². The summed E-state index contributed by atoms with van der Waals surface area (Å²) in [5.41, 5.74) is -0.624. The molecule has 1 amide bonds. The molecule has 172 valence electrons. The molecule has 0 bridgehead atoms. The van der Waals surface area contributed by atoms with Crippen LogP contribution in [0.2, 0.25) is 5.04 Å². The van der Waals surface area contributed by atoms with Crippen LogP contribution in [0.25, 0.3) is 0 Å². The van der Waals surface area contributed by atoms with Crippen LogP contribution in [0.4, 0.5) is 4.79 Å². The number of likely N-dealkylation sites (tertiary alicyclic amines) is 1. The fourth-order valence-electron chi connectivity index (χ4n) is 4.51. The molecule has 3 rings (SSSR count). The predicted octanol–water partition coefficient (Wildman–Crippen LogP) is 4.14. The van der Waals surface area contributed by atoms with Crippen molar-refractivity contribution in [1.82, 2.24) is 4.90 Å². The first-order valence-corrected chi connectivity index (χ1v) is 13.1. The standard InChI is InChI=1S/C26H35NO4Si/c1-25(2,3)30-24(29)27-18-21(17-20(27)19-28)31-32(26(4,5)6,22-13-9-7-10-14-22)23-15-11-8-12-16-23/h7-16,19-21H,17-18H2,1-6H3/t20-,21+/m1/s1. The van der Waals surface area contributed by atoms with Crippen LogP contribution in [-0.2, 0) is 14.0 Å². The van der Waals surface area contributed by atoms with Crippen molar-refractivity contribution in [3.8, 4) is 0 Å². The van der Waals surface area contributed by atoms with E-state index in [9.17, 15) is 9.59 Å². The summed E-state index contributed by atoms with van der Waals surface area (Å²) in [6.45, 7) is 12.5. The van der Waals surface area contributed by atoms with Crippen LogP contribution in [0.3, 0.4) is 0 Å². The quantitative estimate of drug-likeness (QED) is 0.504. The van der Waals surface area contributed by atoms with Crippen molar-refractivity contribution < 1.29 is 18.8 Å². The predicted molar refractivity (Wildman–Crippen MR) is 130 cm³/mol. The zero-order chi connectivity index (χ0) is 23.6. The highest BCUT2D eigenvalue weighted by Gasteiger charge is 2.53. The highest BCUT2D eigenvalue weighted by atomic mass is 28.4. The second-order valence-corrected chi connectivity index (χ2v) is 14.7. The molecule has 2 aromatic rings. The number of aldehydes is 1. The van der Waals surface area contributed by atoms with Crippen molar-refractivity contribution in [2.45, 2.75) is 70.7 Å². The lowest BCUT2D eigenvalue weighted by Crippen LogP contribution is -2.67. The number of carbonyl (C=O) groups is 2. The summed E-state index contributed by atoms with van der Waals surface area (Å²) in [6, 6.07) is 20.2. The van der Waals surface area contributed by atoms with Crippen molar-refractivity contribution in [2.24, 2.45) is 0 Å². The monoisotopic (exact) mass is 453 g/mol. The van der Waals surface area contributed by atoms with Gasteiger partial charge < -0.3 is 14.0 Å². The topological polar surface area (TPSA) is 55.8 Å². The number of carbonyl (C=O) groups excluding carboxylic acids is 2. The Morgan fingerprint density at radius 2 is 1.44 bits per heavy atom. The Hall–Kier alpha value is -2.44. The van der Waals surface area contributed by atoms with Gasteiger partial charge in [-0.1, -0.05) is 81.4 Å². The van der Waals surface area contributed by atoms with E-state index in [-0.39, 0.29) is 11.1 Å². The van der Waals surface area contributed by atoms with Gasteiger partial charge in [-0.25, -0.2) is 4.79 Å². The van der Waals surface area contributed by atoms with E-state index in [1.165, 1.54) is 15.3 Å². The largest absolute Gasteiger partial charge is 0.444 e. The van der Waals surface area contributed by atoms with Gasteiger partial charge in [-0.2, -0.15) is 0 Å². The average molecular weight is 454 g/mol. The Morgan fingerprint density at radius 1 is 0.938 bits per heavy atom. The summed E-state index contributed by atoms with van der Waals surface area (Å²) < 4.78 is 12.7. The number of nitrogens with zero attached hydrogens (tertiary/aromatic N) is 1. The molecule has 1 fully saturated rings. The number of rotatable bonds is 5. The van der Waals surface area contributed by atoms with Crippen LogP contribution < -0.4 is 10.4 Å². The lowest BCUT2D eigenvalue weighted by atomic mass is 10.2. The summed E-state index contributed by atoms with van der Waals surface area (Å²) in [5.74, 6) is 0. The van der Waals surface area contributed by atoms with Gasteiger partial charge >= 0.3 is 6.09 Å². The molecule has 2 atom stereocenters. The molecule has 2 aromatic carbocycles. The van der Waals surface area contributed by atoms with E-state index >= 15 is 0 Å². The molecule has 0 aliphatic carbocycles. The molecule has 32 heavy (non-hydrogen) atoms. The van der Waals surface area contributed by atoms with Gasteiger partial charge in [-0.15, -0.1) is 0 Å². The molecule has 0 aromatic heterocycles. The van der Waals surface area contributed by atoms with E-state index in [1.54, 1.807) is 0 Å². The van der Waals surface area contributed by atoms with Crippen molar-refractivity contribution >= 4 is 31.1 Å². The third-order valence-electron chi connectivity index (χ3n) is 5.85. The maximum absolute atomic E-state index is 12.8. The van der Waals surface area contributed by atoms with E-state index in [2.05, 4.69) is 45.0 Å². The van der Waals surface area contributed by atoms with Gasteiger partial charge in [0.15, 0.2) is 0 Å².